The molecule has 4 nitrogen and oxygen atoms in total. The van der Waals surface area contributed by atoms with Gasteiger partial charge < -0.3 is 9.84 Å². The summed E-state index contributed by atoms with van der Waals surface area (Å²) >= 11 is 0. The van der Waals surface area contributed by atoms with E-state index in [0.717, 1.165) is 5.56 Å². The van der Waals surface area contributed by atoms with E-state index in [1.165, 1.54) is 0 Å². The van der Waals surface area contributed by atoms with E-state index in [1.54, 1.807) is 18.5 Å². The van der Waals surface area contributed by atoms with Gasteiger partial charge in [0, 0.05) is 12.4 Å². The van der Waals surface area contributed by atoms with Gasteiger partial charge in [-0.2, -0.15) is 0 Å². The maximum absolute atomic E-state index is 10.0. The summed E-state index contributed by atoms with van der Waals surface area (Å²) in [6.07, 6.45) is 3.29. The zero-order valence-electron chi connectivity index (χ0n) is 6.43. The molecule has 0 aliphatic rings. The Bertz CT molecular complexity index is 248. The summed E-state index contributed by atoms with van der Waals surface area (Å²) in [6.45, 7) is 0.0229. The molecule has 1 heterocycles. The molecule has 0 amide bonds. The summed E-state index contributed by atoms with van der Waals surface area (Å²) < 4.78 is 4.84. The summed E-state index contributed by atoms with van der Waals surface area (Å²) in [7, 11) is 0. The Kier molecular flexibility index (Phi) is 3.22. The van der Waals surface area contributed by atoms with E-state index in [-0.39, 0.29) is 6.61 Å². The molecule has 0 saturated carbocycles. The third-order valence-corrected chi connectivity index (χ3v) is 1.22. The van der Waals surface area contributed by atoms with E-state index in [4.69, 9.17) is 9.84 Å². The maximum atomic E-state index is 10.0. The zero-order chi connectivity index (χ0) is 8.81. The second-order valence-corrected chi connectivity index (χ2v) is 2.25. The van der Waals surface area contributed by atoms with Crippen LogP contribution in [0.2, 0.25) is 0 Å². The molecule has 1 aromatic heterocycles. The first-order valence-corrected chi connectivity index (χ1v) is 3.47. The van der Waals surface area contributed by atoms with Gasteiger partial charge in [0.25, 0.3) is 0 Å². The minimum atomic E-state index is -0.959. The maximum Gasteiger partial charge on any atom is 0.329 e. The minimum absolute atomic E-state index is 0.269. The number of hydrogen-bond donors (Lipinski definition) is 1. The molecule has 0 aliphatic carbocycles. The molecule has 0 aliphatic heterocycles. The summed E-state index contributed by atoms with van der Waals surface area (Å²) in [5.41, 5.74) is 0.874. The predicted octanol–water partition coefficient (Wildman–Crippen LogP) is 0.683. The Morgan fingerprint density at radius 1 is 1.67 bits per heavy atom. The van der Waals surface area contributed by atoms with Gasteiger partial charge in [0.1, 0.15) is 6.61 Å². The van der Waals surface area contributed by atoms with Gasteiger partial charge >= 0.3 is 5.97 Å². The highest BCUT2D eigenvalue weighted by atomic mass is 16.5. The Labute approximate surface area is 69.8 Å². The topological polar surface area (TPSA) is 59.4 Å². The van der Waals surface area contributed by atoms with Crippen molar-refractivity contribution in [3.8, 4) is 0 Å². The number of carboxylic acids is 1. The number of ether oxygens (including phenoxy) is 1. The van der Waals surface area contributed by atoms with Crippen LogP contribution in [0.25, 0.3) is 0 Å². The van der Waals surface area contributed by atoms with Crippen LogP contribution in [-0.2, 0) is 16.1 Å². The van der Waals surface area contributed by atoms with Gasteiger partial charge in [-0.3, -0.25) is 4.98 Å². The average molecular weight is 167 g/mol. The fourth-order valence-electron chi connectivity index (χ4n) is 0.740. The van der Waals surface area contributed by atoms with Crippen molar-refractivity contribution in [2.75, 3.05) is 6.61 Å². The molecule has 1 aromatic rings. The molecule has 0 unspecified atom stereocenters. The van der Waals surface area contributed by atoms with Gasteiger partial charge in [-0.1, -0.05) is 6.07 Å². The molecule has 4 heteroatoms. The molecule has 0 atom stereocenters. The van der Waals surface area contributed by atoms with E-state index in [2.05, 4.69) is 4.98 Å². The van der Waals surface area contributed by atoms with Gasteiger partial charge in [0.15, 0.2) is 0 Å². The van der Waals surface area contributed by atoms with Crippen LogP contribution in [0.15, 0.2) is 24.5 Å². The first-order chi connectivity index (χ1) is 5.79. The summed E-state index contributed by atoms with van der Waals surface area (Å²) in [5.74, 6) is -0.959. The van der Waals surface area contributed by atoms with E-state index in [9.17, 15) is 4.79 Å². The largest absolute Gasteiger partial charge is 0.480 e. The van der Waals surface area contributed by atoms with Crippen LogP contribution in [0.1, 0.15) is 5.56 Å². The summed E-state index contributed by atoms with van der Waals surface area (Å²) in [4.78, 5) is 13.9. The number of rotatable bonds is 4. The van der Waals surface area contributed by atoms with Gasteiger partial charge in [0.05, 0.1) is 6.61 Å². The second-order valence-electron chi connectivity index (χ2n) is 2.25. The highest BCUT2D eigenvalue weighted by molar-refractivity contribution is 5.67. The second kappa shape index (κ2) is 4.46. The zero-order valence-corrected chi connectivity index (χ0v) is 6.43. The molecular formula is C8H9NO3. The smallest absolute Gasteiger partial charge is 0.329 e. The SMILES string of the molecule is O=C(O)COCc1cccnc1. The lowest BCUT2D eigenvalue weighted by Gasteiger charge is -1.99. The summed E-state index contributed by atoms with van der Waals surface area (Å²) in [6, 6.07) is 3.61. The van der Waals surface area contributed by atoms with Crippen molar-refractivity contribution in [1.29, 1.82) is 0 Å². The molecule has 0 radical (unpaired) electrons. The quantitative estimate of drug-likeness (QED) is 0.716. The third kappa shape index (κ3) is 3.12. The van der Waals surface area contributed by atoms with Crippen LogP contribution in [0, 0.1) is 0 Å². The van der Waals surface area contributed by atoms with Crippen molar-refractivity contribution >= 4 is 5.97 Å². The van der Waals surface area contributed by atoms with Crippen LogP contribution in [0.3, 0.4) is 0 Å². The molecule has 0 aromatic carbocycles. The Morgan fingerprint density at radius 3 is 3.08 bits per heavy atom. The number of hydrogen-bond acceptors (Lipinski definition) is 3. The van der Waals surface area contributed by atoms with Crippen molar-refractivity contribution in [3.05, 3.63) is 30.1 Å². The van der Waals surface area contributed by atoms with E-state index >= 15 is 0 Å². The number of carboxylic acid groups (broad SMARTS) is 1. The molecule has 0 saturated heterocycles. The van der Waals surface area contributed by atoms with Crippen molar-refractivity contribution in [2.24, 2.45) is 0 Å². The predicted molar refractivity (Wildman–Crippen MR) is 41.5 cm³/mol. The summed E-state index contributed by atoms with van der Waals surface area (Å²) in [5, 5.41) is 8.25. The molecular weight excluding hydrogens is 158 g/mol. The highest BCUT2D eigenvalue weighted by Gasteiger charge is 1.96. The van der Waals surface area contributed by atoms with Crippen LogP contribution in [0.4, 0.5) is 0 Å². The van der Waals surface area contributed by atoms with Crippen LogP contribution >= 0.6 is 0 Å². The highest BCUT2D eigenvalue weighted by Crippen LogP contribution is 1.97. The van der Waals surface area contributed by atoms with Crippen molar-refractivity contribution < 1.29 is 14.6 Å². The molecule has 12 heavy (non-hydrogen) atoms. The lowest BCUT2D eigenvalue weighted by molar-refractivity contribution is -0.142. The number of aromatic nitrogens is 1. The normalized spacial score (nSPS) is 9.67. The Morgan fingerprint density at radius 2 is 2.50 bits per heavy atom. The number of pyridine rings is 1. The fraction of sp³-hybridized carbons (Fsp3) is 0.250. The van der Waals surface area contributed by atoms with Gasteiger partial charge in [0.2, 0.25) is 0 Å². The molecule has 1 N–H and O–H groups in total. The average Bonchev–Trinajstić information content (AvgIpc) is 2.05. The van der Waals surface area contributed by atoms with Crippen molar-refractivity contribution in [3.63, 3.8) is 0 Å². The van der Waals surface area contributed by atoms with E-state index < -0.39 is 5.97 Å². The van der Waals surface area contributed by atoms with E-state index in [0.29, 0.717) is 6.61 Å². The third-order valence-electron chi connectivity index (χ3n) is 1.22. The Balaban J connectivity index is 2.29. The van der Waals surface area contributed by atoms with Gasteiger partial charge in [-0.05, 0) is 11.6 Å². The van der Waals surface area contributed by atoms with Crippen LogP contribution < -0.4 is 0 Å². The lowest BCUT2D eigenvalue weighted by Crippen LogP contribution is -2.06. The lowest BCUT2D eigenvalue weighted by atomic mass is 10.3. The number of nitrogens with zero attached hydrogens (tertiary/aromatic N) is 1. The van der Waals surface area contributed by atoms with Crippen LogP contribution in [-0.4, -0.2) is 22.7 Å². The number of aliphatic carboxylic acids is 1. The first kappa shape index (κ1) is 8.67. The first-order valence-electron chi connectivity index (χ1n) is 3.47. The van der Waals surface area contributed by atoms with E-state index in [1.807, 2.05) is 6.07 Å². The molecule has 64 valence electrons. The molecule has 1 rings (SSSR count). The van der Waals surface area contributed by atoms with Gasteiger partial charge in [-0.15, -0.1) is 0 Å². The Hall–Kier alpha value is -1.42. The monoisotopic (exact) mass is 167 g/mol. The molecule has 0 bridgehead atoms. The number of carbonyl (C=O) groups is 1. The van der Waals surface area contributed by atoms with Crippen LogP contribution in [0.5, 0.6) is 0 Å². The van der Waals surface area contributed by atoms with Crippen molar-refractivity contribution in [2.45, 2.75) is 6.61 Å². The fourth-order valence-corrected chi connectivity index (χ4v) is 0.740. The minimum Gasteiger partial charge on any atom is -0.480 e. The standard InChI is InChI=1S/C8H9NO3/c10-8(11)6-12-5-7-2-1-3-9-4-7/h1-4H,5-6H2,(H,10,11). The molecule has 0 spiro atoms. The van der Waals surface area contributed by atoms with Crippen molar-refractivity contribution in [1.82, 2.24) is 4.98 Å². The molecule has 0 fully saturated rings. The van der Waals surface area contributed by atoms with Gasteiger partial charge in [-0.25, -0.2) is 4.79 Å².